The van der Waals surface area contributed by atoms with Crippen LogP contribution in [0.4, 0.5) is 21.7 Å². The molecule has 0 bridgehead atoms. The molecular weight excluding hydrogens is 385 g/mol. The summed E-state index contributed by atoms with van der Waals surface area (Å²) in [5, 5.41) is 2.69. The maximum absolute atomic E-state index is 12.9. The summed E-state index contributed by atoms with van der Waals surface area (Å²) < 4.78 is 18.2. The Morgan fingerprint density at radius 3 is 2.23 bits per heavy atom. The fourth-order valence-corrected chi connectivity index (χ4v) is 3.23. The van der Waals surface area contributed by atoms with Gasteiger partial charge in [0.05, 0.1) is 18.1 Å². The largest absolute Gasteiger partial charge is 0.484 e. The zero-order valence-corrected chi connectivity index (χ0v) is 16.4. The summed E-state index contributed by atoms with van der Waals surface area (Å²) in [5.41, 5.74) is 1.72. The number of carbonyl (C=O) groups excluding carboxylic acids is 1. The van der Waals surface area contributed by atoms with Gasteiger partial charge in [-0.15, -0.1) is 0 Å². The predicted molar refractivity (Wildman–Crippen MR) is 113 cm³/mol. The van der Waals surface area contributed by atoms with E-state index in [0.717, 1.165) is 26.2 Å². The van der Waals surface area contributed by atoms with Gasteiger partial charge in [0.2, 0.25) is 5.95 Å². The molecule has 4 rings (SSSR count). The fourth-order valence-electron chi connectivity index (χ4n) is 3.23. The molecule has 1 fully saturated rings. The van der Waals surface area contributed by atoms with Crippen molar-refractivity contribution in [1.82, 2.24) is 9.97 Å². The van der Waals surface area contributed by atoms with Crippen LogP contribution in [0.5, 0.6) is 5.75 Å². The van der Waals surface area contributed by atoms with E-state index in [1.807, 2.05) is 18.2 Å². The second kappa shape index (κ2) is 9.21. The monoisotopic (exact) mass is 407 g/mol. The number of nitrogens with one attached hydrogen (secondary N) is 1. The van der Waals surface area contributed by atoms with Crippen LogP contribution in [0.1, 0.15) is 0 Å². The van der Waals surface area contributed by atoms with Crippen molar-refractivity contribution < 1.29 is 13.9 Å². The molecule has 2 aromatic carbocycles. The first kappa shape index (κ1) is 19.6. The molecule has 0 radical (unpaired) electrons. The third-order valence-corrected chi connectivity index (χ3v) is 4.79. The summed E-state index contributed by atoms with van der Waals surface area (Å²) in [6.07, 6.45) is 3.17. The molecule has 1 aliphatic rings. The van der Waals surface area contributed by atoms with Crippen LogP contribution >= 0.6 is 0 Å². The number of piperazine rings is 1. The number of benzene rings is 2. The van der Waals surface area contributed by atoms with Crippen molar-refractivity contribution in [1.29, 1.82) is 0 Å². The highest BCUT2D eigenvalue weighted by Crippen LogP contribution is 2.18. The topological polar surface area (TPSA) is 70.6 Å². The van der Waals surface area contributed by atoms with Crippen molar-refractivity contribution in [3.8, 4) is 5.75 Å². The molecule has 0 spiro atoms. The smallest absolute Gasteiger partial charge is 0.262 e. The summed E-state index contributed by atoms with van der Waals surface area (Å²) in [6.45, 7) is 3.26. The van der Waals surface area contributed by atoms with Gasteiger partial charge in [0.25, 0.3) is 5.91 Å². The third kappa shape index (κ3) is 5.02. The number of carbonyl (C=O) groups is 1. The molecule has 0 unspecified atom stereocenters. The second-order valence-corrected chi connectivity index (χ2v) is 6.87. The van der Waals surface area contributed by atoms with E-state index in [4.69, 9.17) is 4.74 Å². The number of anilines is 3. The Balaban J connectivity index is 1.26. The number of aromatic nitrogens is 2. The lowest BCUT2D eigenvalue weighted by atomic mass is 10.2. The van der Waals surface area contributed by atoms with Crippen LogP contribution in [-0.4, -0.2) is 48.7 Å². The Bertz CT molecular complexity index is 959. The van der Waals surface area contributed by atoms with Crippen LogP contribution < -0.4 is 19.9 Å². The molecular formula is C22H22FN5O2. The van der Waals surface area contributed by atoms with Gasteiger partial charge < -0.3 is 19.9 Å². The molecule has 0 aliphatic carbocycles. The van der Waals surface area contributed by atoms with E-state index in [0.29, 0.717) is 17.4 Å². The predicted octanol–water partition coefficient (Wildman–Crippen LogP) is 2.96. The highest BCUT2D eigenvalue weighted by molar-refractivity contribution is 5.91. The van der Waals surface area contributed by atoms with E-state index in [2.05, 4.69) is 37.2 Å². The SMILES string of the molecule is O=C(COc1ccc(F)cc1)Nc1cnc(N2CCN(c3ccccc3)CC2)nc1. The minimum atomic E-state index is -0.356. The number of ether oxygens (including phenoxy) is 1. The molecule has 7 nitrogen and oxygen atoms in total. The van der Waals surface area contributed by atoms with E-state index in [9.17, 15) is 9.18 Å². The van der Waals surface area contributed by atoms with Crippen LogP contribution in [0, 0.1) is 5.82 Å². The van der Waals surface area contributed by atoms with Crippen molar-refractivity contribution in [2.24, 2.45) is 0 Å². The van der Waals surface area contributed by atoms with E-state index in [-0.39, 0.29) is 18.3 Å². The van der Waals surface area contributed by atoms with E-state index < -0.39 is 0 Å². The molecule has 1 amide bonds. The maximum atomic E-state index is 12.9. The van der Waals surface area contributed by atoms with E-state index in [1.165, 1.54) is 30.0 Å². The molecule has 30 heavy (non-hydrogen) atoms. The molecule has 1 aliphatic heterocycles. The minimum Gasteiger partial charge on any atom is -0.484 e. The Hall–Kier alpha value is -3.68. The molecule has 0 atom stereocenters. The van der Waals surface area contributed by atoms with Gasteiger partial charge in [0.1, 0.15) is 11.6 Å². The number of hydrogen-bond donors (Lipinski definition) is 1. The van der Waals surface area contributed by atoms with Gasteiger partial charge in [-0.1, -0.05) is 18.2 Å². The first-order chi connectivity index (χ1) is 14.7. The molecule has 1 aromatic heterocycles. The lowest BCUT2D eigenvalue weighted by Crippen LogP contribution is -2.47. The van der Waals surface area contributed by atoms with Gasteiger partial charge in [-0.05, 0) is 36.4 Å². The van der Waals surface area contributed by atoms with E-state index >= 15 is 0 Å². The highest BCUT2D eigenvalue weighted by atomic mass is 19.1. The first-order valence-corrected chi connectivity index (χ1v) is 9.72. The standard InChI is InChI=1S/C22H22FN5O2/c23-17-6-8-20(9-7-17)30-16-21(29)26-18-14-24-22(25-15-18)28-12-10-27(11-13-28)19-4-2-1-3-5-19/h1-9,14-15H,10-13,16H2,(H,26,29). The zero-order chi connectivity index (χ0) is 20.8. The summed E-state index contributed by atoms with van der Waals surface area (Å²) in [7, 11) is 0. The Kier molecular flexibility index (Phi) is 6.03. The average molecular weight is 407 g/mol. The van der Waals surface area contributed by atoms with Gasteiger partial charge >= 0.3 is 0 Å². The molecule has 8 heteroatoms. The van der Waals surface area contributed by atoms with Gasteiger partial charge in [-0.2, -0.15) is 0 Å². The van der Waals surface area contributed by atoms with Crippen molar-refractivity contribution in [3.05, 3.63) is 72.8 Å². The van der Waals surface area contributed by atoms with Gasteiger partial charge in [0.15, 0.2) is 6.61 Å². The number of hydrogen-bond acceptors (Lipinski definition) is 6. The van der Waals surface area contributed by atoms with Gasteiger partial charge in [-0.25, -0.2) is 14.4 Å². The summed E-state index contributed by atoms with van der Waals surface area (Å²) in [5.74, 6) is 0.369. The highest BCUT2D eigenvalue weighted by Gasteiger charge is 2.19. The Morgan fingerprint density at radius 2 is 1.57 bits per heavy atom. The maximum Gasteiger partial charge on any atom is 0.262 e. The lowest BCUT2D eigenvalue weighted by Gasteiger charge is -2.36. The van der Waals surface area contributed by atoms with Gasteiger partial charge in [0, 0.05) is 31.9 Å². The minimum absolute atomic E-state index is 0.186. The quantitative estimate of drug-likeness (QED) is 0.678. The van der Waals surface area contributed by atoms with Crippen LogP contribution in [-0.2, 0) is 4.79 Å². The number of halogens is 1. The third-order valence-electron chi connectivity index (χ3n) is 4.79. The summed E-state index contributed by atoms with van der Waals surface area (Å²) in [6, 6.07) is 15.8. The van der Waals surface area contributed by atoms with Crippen LogP contribution in [0.3, 0.4) is 0 Å². The van der Waals surface area contributed by atoms with Gasteiger partial charge in [-0.3, -0.25) is 4.79 Å². The molecule has 0 saturated carbocycles. The Labute approximate surface area is 174 Å². The number of para-hydroxylation sites is 1. The Morgan fingerprint density at radius 1 is 0.933 bits per heavy atom. The van der Waals surface area contributed by atoms with Crippen LogP contribution in [0.2, 0.25) is 0 Å². The normalized spacial score (nSPS) is 13.8. The number of rotatable bonds is 6. The van der Waals surface area contributed by atoms with Crippen molar-refractivity contribution in [2.45, 2.75) is 0 Å². The van der Waals surface area contributed by atoms with Crippen molar-refractivity contribution >= 4 is 23.2 Å². The summed E-state index contributed by atoms with van der Waals surface area (Å²) >= 11 is 0. The van der Waals surface area contributed by atoms with Crippen LogP contribution in [0.15, 0.2) is 67.0 Å². The van der Waals surface area contributed by atoms with E-state index in [1.54, 1.807) is 12.4 Å². The van der Waals surface area contributed by atoms with Crippen LogP contribution in [0.25, 0.3) is 0 Å². The average Bonchev–Trinajstić information content (AvgIpc) is 2.80. The number of amides is 1. The molecule has 3 aromatic rings. The lowest BCUT2D eigenvalue weighted by molar-refractivity contribution is -0.118. The number of nitrogens with zero attached hydrogens (tertiary/aromatic N) is 4. The molecule has 1 saturated heterocycles. The molecule has 2 heterocycles. The van der Waals surface area contributed by atoms with Crippen molar-refractivity contribution in [3.63, 3.8) is 0 Å². The molecule has 1 N–H and O–H groups in total. The first-order valence-electron chi connectivity index (χ1n) is 9.72. The van der Waals surface area contributed by atoms with Crippen molar-refractivity contribution in [2.75, 3.05) is 47.9 Å². The fraction of sp³-hybridized carbons (Fsp3) is 0.227. The second-order valence-electron chi connectivity index (χ2n) is 6.87. The zero-order valence-electron chi connectivity index (χ0n) is 16.4. The summed E-state index contributed by atoms with van der Waals surface area (Å²) in [4.78, 5) is 25.3. The molecule has 154 valence electrons.